The molecule has 0 bridgehead atoms. The predicted octanol–water partition coefficient (Wildman–Crippen LogP) is 5.12. The fraction of sp³-hybridized carbons (Fsp3) is 0.333. The Balaban J connectivity index is 2.05. The van der Waals surface area contributed by atoms with E-state index in [1.807, 2.05) is 6.07 Å². The van der Waals surface area contributed by atoms with Crippen molar-refractivity contribution in [1.29, 1.82) is 0 Å². The lowest BCUT2D eigenvalue weighted by molar-refractivity contribution is 0.495. The number of aryl methyl sites for hydroxylation is 1. The van der Waals surface area contributed by atoms with Gasteiger partial charge >= 0.3 is 0 Å². The van der Waals surface area contributed by atoms with Crippen LogP contribution in [0, 0.1) is 6.92 Å². The molecule has 0 aliphatic carbocycles. The van der Waals surface area contributed by atoms with Gasteiger partial charge in [0, 0.05) is 12.1 Å². The fourth-order valence-corrected chi connectivity index (χ4v) is 3.04. The van der Waals surface area contributed by atoms with Gasteiger partial charge in [0.25, 0.3) is 0 Å². The molecule has 0 spiro atoms. The normalized spacial score (nSPS) is 14.4. The Hall–Kier alpha value is -0.830. The first-order valence-electron chi connectivity index (χ1n) is 6.13. The Labute approximate surface area is 118 Å². The van der Waals surface area contributed by atoms with Gasteiger partial charge in [0.15, 0.2) is 0 Å². The number of thiophene rings is 1. The quantitative estimate of drug-likeness (QED) is 0.819. The SMILES string of the molecule is Cc1cccc([C@H](C)NC(C)c2csc(Cl)c2)c1. The summed E-state index contributed by atoms with van der Waals surface area (Å²) >= 11 is 7.55. The van der Waals surface area contributed by atoms with E-state index in [1.54, 1.807) is 11.3 Å². The predicted molar refractivity (Wildman–Crippen MR) is 80.5 cm³/mol. The van der Waals surface area contributed by atoms with Crippen molar-refractivity contribution < 1.29 is 0 Å². The lowest BCUT2D eigenvalue weighted by Crippen LogP contribution is -2.22. The van der Waals surface area contributed by atoms with Crippen molar-refractivity contribution in [3.63, 3.8) is 0 Å². The first kappa shape index (κ1) is 13.6. The highest BCUT2D eigenvalue weighted by Gasteiger charge is 2.12. The van der Waals surface area contributed by atoms with Gasteiger partial charge in [-0.25, -0.2) is 0 Å². The Bertz CT molecular complexity index is 521. The number of halogens is 1. The summed E-state index contributed by atoms with van der Waals surface area (Å²) in [5, 5.41) is 5.72. The molecule has 1 aromatic heterocycles. The molecule has 0 saturated carbocycles. The molecule has 2 rings (SSSR count). The molecule has 0 fully saturated rings. The Morgan fingerprint density at radius 2 is 1.83 bits per heavy atom. The minimum absolute atomic E-state index is 0.310. The molecule has 0 saturated heterocycles. The highest BCUT2D eigenvalue weighted by Crippen LogP contribution is 2.26. The van der Waals surface area contributed by atoms with Crippen molar-refractivity contribution in [3.05, 3.63) is 56.7 Å². The molecule has 96 valence electrons. The van der Waals surface area contributed by atoms with Gasteiger partial charge in [0.05, 0.1) is 4.34 Å². The van der Waals surface area contributed by atoms with Crippen LogP contribution in [0.4, 0.5) is 0 Å². The van der Waals surface area contributed by atoms with Crippen LogP contribution in [0.5, 0.6) is 0 Å². The maximum atomic E-state index is 5.97. The third-order valence-electron chi connectivity index (χ3n) is 3.13. The fourth-order valence-electron chi connectivity index (χ4n) is 2.06. The Kier molecular flexibility index (Phi) is 4.44. The summed E-state index contributed by atoms with van der Waals surface area (Å²) in [4.78, 5) is 0. The summed E-state index contributed by atoms with van der Waals surface area (Å²) in [7, 11) is 0. The largest absolute Gasteiger partial charge is 0.304 e. The molecule has 1 aromatic carbocycles. The molecule has 1 unspecified atom stereocenters. The van der Waals surface area contributed by atoms with Crippen LogP contribution in [-0.4, -0.2) is 0 Å². The van der Waals surface area contributed by atoms with Gasteiger partial charge in [-0.3, -0.25) is 0 Å². The zero-order chi connectivity index (χ0) is 13.1. The number of hydrogen-bond donors (Lipinski definition) is 1. The van der Waals surface area contributed by atoms with Gasteiger partial charge in [-0.1, -0.05) is 41.4 Å². The van der Waals surface area contributed by atoms with Gasteiger partial charge in [0.1, 0.15) is 0 Å². The van der Waals surface area contributed by atoms with Crippen molar-refractivity contribution in [2.24, 2.45) is 0 Å². The molecule has 0 radical (unpaired) electrons. The van der Waals surface area contributed by atoms with E-state index < -0.39 is 0 Å². The van der Waals surface area contributed by atoms with Gasteiger partial charge in [-0.05, 0) is 43.3 Å². The zero-order valence-corrected chi connectivity index (χ0v) is 12.5. The monoisotopic (exact) mass is 279 g/mol. The molecule has 2 atom stereocenters. The van der Waals surface area contributed by atoms with E-state index in [-0.39, 0.29) is 0 Å². The lowest BCUT2D eigenvalue weighted by atomic mass is 10.0. The lowest BCUT2D eigenvalue weighted by Gasteiger charge is -2.20. The molecular formula is C15H18ClNS. The van der Waals surface area contributed by atoms with E-state index in [0.717, 1.165) is 4.34 Å². The summed E-state index contributed by atoms with van der Waals surface area (Å²) in [6.45, 7) is 6.49. The summed E-state index contributed by atoms with van der Waals surface area (Å²) in [5.41, 5.74) is 3.88. The Morgan fingerprint density at radius 3 is 2.44 bits per heavy atom. The van der Waals surface area contributed by atoms with Gasteiger partial charge < -0.3 is 5.32 Å². The number of nitrogens with one attached hydrogen (secondary N) is 1. The minimum atomic E-state index is 0.310. The molecule has 3 heteroatoms. The molecule has 0 amide bonds. The summed E-state index contributed by atoms with van der Waals surface area (Å²) in [6.07, 6.45) is 0. The number of benzene rings is 1. The summed E-state index contributed by atoms with van der Waals surface area (Å²) in [5.74, 6) is 0. The second-order valence-electron chi connectivity index (χ2n) is 4.71. The third-order valence-corrected chi connectivity index (χ3v) is 4.24. The maximum absolute atomic E-state index is 5.97. The van der Waals surface area contributed by atoms with E-state index >= 15 is 0 Å². The number of rotatable bonds is 4. The summed E-state index contributed by atoms with van der Waals surface area (Å²) in [6, 6.07) is 11.3. The number of hydrogen-bond acceptors (Lipinski definition) is 2. The van der Waals surface area contributed by atoms with Crippen molar-refractivity contribution in [3.8, 4) is 0 Å². The zero-order valence-electron chi connectivity index (χ0n) is 10.9. The average Bonchev–Trinajstić information content (AvgIpc) is 2.76. The van der Waals surface area contributed by atoms with Crippen molar-refractivity contribution in [2.45, 2.75) is 32.9 Å². The van der Waals surface area contributed by atoms with E-state index in [1.165, 1.54) is 16.7 Å². The van der Waals surface area contributed by atoms with Crippen LogP contribution < -0.4 is 5.32 Å². The van der Waals surface area contributed by atoms with Crippen molar-refractivity contribution in [1.82, 2.24) is 5.32 Å². The molecule has 0 aliphatic heterocycles. The third kappa shape index (κ3) is 3.35. The molecule has 18 heavy (non-hydrogen) atoms. The smallest absolute Gasteiger partial charge is 0.0931 e. The minimum Gasteiger partial charge on any atom is -0.304 e. The van der Waals surface area contributed by atoms with Crippen LogP contribution in [0.1, 0.15) is 42.6 Å². The molecule has 0 aliphatic rings. The van der Waals surface area contributed by atoms with E-state index in [9.17, 15) is 0 Å². The van der Waals surface area contributed by atoms with Crippen LogP contribution in [-0.2, 0) is 0 Å². The average molecular weight is 280 g/mol. The van der Waals surface area contributed by atoms with Gasteiger partial charge in [0.2, 0.25) is 0 Å². The van der Waals surface area contributed by atoms with Crippen LogP contribution in [0.15, 0.2) is 35.7 Å². The molecule has 1 heterocycles. The Morgan fingerprint density at radius 1 is 1.11 bits per heavy atom. The van der Waals surface area contributed by atoms with Crippen LogP contribution in [0.2, 0.25) is 4.34 Å². The topological polar surface area (TPSA) is 12.0 Å². The van der Waals surface area contributed by atoms with Crippen LogP contribution in [0.3, 0.4) is 0 Å². The first-order chi connectivity index (χ1) is 8.56. The summed E-state index contributed by atoms with van der Waals surface area (Å²) < 4.78 is 0.849. The molecule has 1 nitrogen and oxygen atoms in total. The van der Waals surface area contributed by atoms with E-state index in [2.05, 4.69) is 55.7 Å². The van der Waals surface area contributed by atoms with Gasteiger partial charge in [-0.2, -0.15) is 0 Å². The van der Waals surface area contributed by atoms with E-state index in [4.69, 9.17) is 11.6 Å². The van der Waals surface area contributed by atoms with E-state index in [0.29, 0.717) is 12.1 Å². The van der Waals surface area contributed by atoms with Crippen molar-refractivity contribution in [2.75, 3.05) is 0 Å². The highest BCUT2D eigenvalue weighted by atomic mass is 35.5. The standard InChI is InChI=1S/C15H18ClNS/c1-10-5-4-6-13(7-10)11(2)17-12(3)14-8-15(16)18-9-14/h4-9,11-12,17H,1-3H3/t11-,12?/m0/s1. The molecule has 1 N–H and O–H groups in total. The first-order valence-corrected chi connectivity index (χ1v) is 7.38. The van der Waals surface area contributed by atoms with Crippen LogP contribution >= 0.6 is 22.9 Å². The second-order valence-corrected chi connectivity index (χ2v) is 6.25. The second kappa shape index (κ2) is 5.87. The highest BCUT2D eigenvalue weighted by molar-refractivity contribution is 7.14. The van der Waals surface area contributed by atoms with Crippen molar-refractivity contribution >= 4 is 22.9 Å². The maximum Gasteiger partial charge on any atom is 0.0931 e. The van der Waals surface area contributed by atoms with Crippen LogP contribution in [0.25, 0.3) is 0 Å². The van der Waals surface area contributed by atoms with Gasteiger partial charge in [-0.15, -0.1) is 11.3 Å². The molecule has 2 aromatic rings. The molecular weight excluding hydrogens is 262 g/mol.